The number of aliphatic hydroxyl groups is 1. The van der Waals surface area contributed by atoms with Gasteiger partial charge in [0.1, 0.15) is 0 Å². The van der Waals surface area contributed by atoms with Gasteiger partial charge >= 0.3 is 5.97 Å². The Labute approximate surface area is 120 Å². The quantitative estimate of drug-likeness (QED) is 0.887. The molecule has 0 amide bonds. The lowest BCUT2D eigenvalue weighted by molar-refractivity contribution is -0.145. The highest BCUT2D eigenvalue weighted by Crippen LogP contribution is 2.41. The van der Waals surface area contributed by atoms with Crippen LogP contribution in [0, 0.1) is 0 Å². The van der Waals surface area contributed by atoms with E-state index < -0.39 is 17.0 Å². The van der Waals surface area contributed by atoms with Gasteiger partial charge in [0.25, 0.3) is 0 Å². The van der Waals surface area contributed by atoms with Gasteiger partial charge in [-0.15, -0.1) is 0 Å². The van der Waals surface area contributed by atoms with E-state index in [1.807, 2.05) is 24.3 Å². The minimum Gasteiger partial charge on any atom is -0.481 e. The number of rotatable bonds is 4. The van der Waals surface area contributed by atoms with Crippen LogP contribution in [0.1, 0.15) is 57.1 Å². The third kappa shape index (κ3) is 3.04. The second-order valence-electron chi connectivity index (χ2n) is 6.59. The van der Waals surface area contributed by atoms with E-state index in [-0.39, 0.29) is 0 Å². The van der Waals surface area contributed by atoms with E-state index in [4.69, 9.17) is 0 Å². The molecule has 0 aliphatic heterocycles. The predicted octanol–water partition coefficient (Wildman–Crippen LogP) is 3.29. The number of carbonyl (C=O) groups is 1. The molecule has 20 heavy (non-hydrogen) atoms. The summed E-state index contributed by atoms with van der Waals surface area (Å²) >= 11 is 0. The summed E-state index contributed by atoms with van der Waals surface area (Å²) < 4.78 is 0. The lowest BCUT2D eigenvalue weighted by atomic mass is 9.67. The van der Waals surface area contributed by atoms with Crippen LogP contribution < -0.4 is 0 Å². The van der Waals surface area contributed by atoms with E-state index in [1.165, 1.54) is 0 Å². The summed E-state index contributed by atoms with van der Waals surface area (Å²) in [5, 5.41) is 19.9. The Kier molecular flexibility index (Phi) is 4.19. The van der Waals surface area contributed by atoms with E-state index in [1.54, 1.807) is 13.8 Å². The van der Waals surface area contributed by atoms with Gasteiger partial charge in [0.15, 0.2) is 0 Å². The summed E-state index contributed by atoms with van der Waals surface area (Å²) in [6.45, 7) is 3.52. The van der Waals surface area contributed by atoms with Crippen LogP contribution in [0.2, 0.25) is 0 Å². The molecule has 0 saturated heterocycles. The highest BCUT2D eigenvalue weighted by atomic mass is 16.4. The van der Waals surface area contributed by atoms with Crippen molar-refractivity contribution >= 4 is 5.97 Å². The summed E-state index contributed by atoms with van der Waals surface area (Å²) in [7, 11) is 0. The molecule has 2 N–H and O–H groups in total. The largest absolute Gasteiger partial charge is 0.481 e. The molecule has 0 aromatic heterocycles. The highest BCUT2D eigenvalue weighted by Gasteiger charge is 2.42. The Morgan fingerprint density at radius 2 is 1.80 bits per heavy atom. The van der Waals surface area contributed by atoms with Gasteiger partial charge in [0, 0.05) is 6.42 Å². The first kappa shape index (κ1) is 15.0. The van der Waals surface area contributed by atoms with Gasteiger partial charge in [-0.3, -0.25) is 4.79 Å². The van der Waals surface area contributed by atoms with Crippen molar-refractivity contribution in [1.82, 2.24) is 0 Å². The monoisotopic (exact) mass is 276 g/mol. The fraction of sp³-hybridized carbons (Fsp3) is 0.588. The van der Waals surface area contributed by atoms with Gasteiger partial charge in [-0.2, -0.15) is 0 Å². The molecule has 1 saturated carbocycles. The molecule has 0 spiro atoms. The van der Waals surface area contributed by atoms with Crippen molar-refractivity contribution in [3.63, 3.8) is 0 Å². The minimum atomic E-state index is -0.829. The summed E-state index contributed by atoms with van der Waals surface area (Å²) in [6.07, 6.45) is 4.92. The maximum atomic E-state index is 11.9. The minimum absolute atomic E-state index is 0.484. The normalized spacial score (nSPS) is 18.8. The Bertz CT molecular complexity index is 479. The molecule has 0 bridgehead atoms. The summed E-state index contributed by atoms with van der Waals surface area (Å²) in [4.78, 5) is 11.9. The van der Waals surface area contributed by atoms with Gasteiger partial charge in [-0.1, -0.05) is 43.5 Å². The van der Waals surface area contributed by atoms with Crippen molar-refractivity contribution in [3.8, 4) is 0 Å². The molecular formula is C17H24O3. The zero-order chi connectivity index (χ0) is 14.8. The van der Waals surface area contributed by atoms with E-state index in [0.717, 1.165) is 30.4 Å². The van der Waals surface area contributed by atoms with Crippen LogP contribution in [-0.2, 0) is 16.6 Å². The maximum Gasteiger partial charge on any atom is 0.314 e. The van der Waals surface area contributed by atoms with Crippen molar-refractivity contribution in [2.75, 3.05) is 0 Å². The second-order valence-corrected chi connectivity index (χ2v) is 6.59. The highest BCUT2D eigenvalue weighted by molar-refractivity contribution is 5.82. The molecule has 3 heteroatoms. The van der Waals surface area contributed by atoms with Gasteiger partial charge in [0.2, 0.25) is 0 Å². The summed E-state index contributed by atoms with van der Waals surface area (Å²) in [6, 6.07) is 7.71. The number of aliphatic carboxylic acids is 1. The van der Waals surface area contributed by atoms with Crippen molar-refractivity contribution in [3.05, 3.63) is 35.4 Å². The van der Waals surface area contributed by atoms with Crippen molar-refractivity contribution < 1.29 is 15.0 Å². The molecule has 0 heterocycles. The van der Waals surface area contributed by atoms with E-state index in [0.29, 0.717) is 19.3 Å². The fourth-order valence-electron chi connectivity index (χ4n) is 3.36. The zero-order valence-corrected chi connectivity index (χ0v) is 12.4. The van der Waals surface area contributed by atoms with Gasteiger partial charge in [0.05, 0.1) is 11.0 Å². The lowest BCUT2D eigenvalue weighted by Gasteiger charge is -2.36. The SMILES string of the molecule is CC(C)(O)Cc1ccccc1C1(C(=O)O)CCCCC1. The number of benzene rings is 1. The molecule has 0 unspecified atom stereocenters. The smallest absolute Gasteiger partial charge is 0.314 e. The topological polar surface area (TPSA) is 57.5 Å². The van der Waals surface area contributed by atoms with Crippen LogP contribution in [0.25, 0.3) is 0 Å². The van der Waals surface area contributed by atoms with Crippen LogP contribution in [0.15, 0.2) is 24.3 Å². The van der Waals surface area contributed by atoms with Crippen molar-refractivity contribution in [1.29, 1.82) is 0 Å². The van der Waals surface area contributed by atoms with Gasteiger partial charge in [-0.25, -0.2) is 0 Å². The average molecular weight is 276 g/mol. The standard InChI is InChI=1S/C17H24O3/c1-16(2,20)12-13-8-4-5-9-14(13)17(15(18)19)10-6-3-7-11-17/h4-5,8-9,20H,3,6-7,10-12H2,1-2H3,(H,18,19). The molecular weight excluding hydrogens is 252 g/mol. The molecule has 0 atom stereocenters. The first-order chi connectivity index (χ1) is 9.35. The summed E-state index contributed by atoms with van der Waals surface area (Å²) in [5.74, 6) is -0.722. The number of carboxylic acid groups (broad SMARTS) is 1. The number of hydrogen-bond donors (Lipinski definition) is 2. The Balaban J connectivity index is 2.46. The summed E-state index contributed by atoms with van der Waals surface area (Å²) in [5.41, 5.74) is 0.267. The van der Waals surface area contributed by atoms with Crippen LogP contribution in [0.4, 0.5) is 0 Å². The molecule has 1 aliphatic rings. The van der Waals surface area contributed by atoms with Crippen molar-refractivity contribution in [2.24, 2.45) is 0 Å². The second kappa shape index (κ2) is 5.57. The molecule has 1 aliphatic carbocycles. The molecule has 3 nitrogen and oxygen atoms in total. The predicted molar refractivity (Wildman–Crippen MR) is 78.8 cm³/mol. The first-order valence-electron chi connectivity index (χ1n) is 7.39. The molecule has 1 fully saturated rings. The Morgan fingerprint density at radius 1 is 1.20 bits per heavy atom. The molecule has 1 aromatic rings. The van der Waals surface area contributed by atoms with Gasteiger partial charge < -0.3 is 10.2 Å². The Morgan fingerprint density at radius 3 is 2.35 bits per heavy atom. The fourth-order valence-corrected chi connectivity index (χ4v) is 3.36. The first-order valence-corrected chi connectivity index (χ1v) is 7.39. The molecule has 2 rings (SSSR count). The Hall–Kier alpha value is -1.35. The van der Waals surface area contributed by atoms with E-state index in [2.05, 4.69) is 0 Å². The van der Waals surface area contributed by atoms with Crippen LogP contribution in [-0.4, -0.2) is 21.8 Å². The van der Waals surface area contributed by atoms with Crippen LogP contribution >= 0.6 is 0 Å². The molecule has 110 valence electrons. The van der Waals surface area contributed by atoms with Gasteiger partial charge in [-0.05, 0) is 37.8 Å². The molecule has 1 aromatic carbocycles. The van der Waals surface area contributed by atoms with Crippen molar-refractivity contribution in [2.45, 2.75) is 63.4 Å². The third-order valence-electron chi connectivity index (χ3n) is 4.27. The van der Waals surface area contributed by atoms with Crippen LogP contribution in [0.5, 0.6) is 0 Å². The average Bonchev–Trinajstić information content (AvgIpc) is 2.38. The number of carboxylic acids is 1. The molecule has 0 radical (unpaired) electrons. The van der Waals surface area contributed by atoms with E-state index in [9.17, 15) is 15.0 Å². The third-order valence-corrected chi connectivity index (χ3v) is 4.27. The number of hydrogen-bond acceptors (Lipinski definition) is 2. The maximum absolute atomic E-state index is 11.9. The van der Waals surface area contributed by atoms with E-state index >= 15 is 0 Å². The van der Waals surface area contributed by atoms with Crippen LogP contribution in [0.3, 0.4) is 0 Å². The zero-order valence-electron chi connectivity index (χ0n) is 12.4. The lowest BCUT2D eigenvalue weighted by Crippen LogP contribution is -2.39.